The van der Waals surface area contributed by atoms with Crippen molar-refractivity contribution in [3.05, 3.63) is 42.5 Å². The van der Waals surface area contributed by atoms with E-state index in [0.29, 0.717) is 5.75 Å². The maximum atomic E-state index is 9.78. The third-order valence-electron chi connectivity index (χ3n) is 2.60. The zero-order valence-electron chi connectivity index (χ0n) is 9.81. The van der Waals surface area contributed by atoms with E-state index in [0.717, 1.165) is 11.1 Å². The first kappa shape index (κ1) is 11.9. The molecule has 2 aromatic carbocycles. The standard InChI is InChI=1S/C14H14O2S/c1-16-13-8-7-10(9-12(13)15)11-5-3-4-6-14(11)17-2/h3-9,15H,1-2H3. The number of ether oxygens (including phenoxy) is 1. The lowest BCUT2D eigenvalue weighted by molar-refractivity contribution is 0.373. The Bertz CT molecular complexity index is 523. The topological polar surface area (TPSA) is 29.5 Å². The molecular weight excluding hydrogens is 232 g/mol. The van der Waals surface area contributed by atoms with E-state index in [9.17, 15) is 5.11 Å². The fourth-order valence-electron chi connectivity index (χ4n) is 1.74. The van der Waals surface area contributed by atoms with Crippen LogP contribution in [0.25, 0.3) is 11.1 Å². The maximum Gasteiger partial charge on any atom is 0.160 e. The second-order valence-electron chi connectivity index (χ2n) is 3.59. The van der Waals surface area contributed by atoms with Gasteiger partial charge in [0.1, 0.15) is 0 Å². The molecule has 0 fully saturated rings. The summed E-state index contributed by atoms with van der Waals surface area (Å²) in [6, 6.07) is 13.6. The highest BCUT2D eigenvalue weighted by molar-refractivity contribution is 7.98. The predicted molar refractivity (Wildman–Crippen MR) is 71.9 cm³/mol. The molecule has 3 heteroatoms. The van der Waals surface area contributed by atoms with E-state index in [-0.39, 0.29) is 5.75 Å². The van der Waals surface area contributed by atoms with Gasteiger partial charge in [0.25, 0.3) is 0 Å². The van der Waals surface area contributed by atoms with E-state index in [2.05, 4.69) is 6.07 Å². The molecule has 0 heterocycles. The van der Waals surface area contributed by atoms with Gasteiger partial charge in [0, 0.05) is 4.90 Å². The van der Waals surface area contributed by atoms with Crippen LogP contribution in [0.4, 0.5) is 0 Å². The zero-order valence-corrected chi connectivity index (χ0v) is 10.6. The number of methoxy groups -OCH3 is 1. The minimum absolute atomic E-state index is 0.168. The first-order valence-corrected chi connectivity index (χ1v) is 6.49. The molecule has 0 aromatic heterocycles. The van der Waals surface area contributed by atoms with Crippen molar-refractivity contribution in [1.82, 2.24) is 0 Å². The van der Waals surface area contributed by atoms with Crippen LogP contribution >= 0.6 is 11.8 Å². The molecule has 17 heavy (non-hydrogen) atoms. The van der Waals surface area contributed by atoms with Crippen molar-refractivity contribution in [3.8, 4) is 22.6 Å². The SMILES string of the molecule is COc1ccc(-c2ccccc2SC)cc1O. The summed E-state index contributed by atoms with van der Waals surface area (Å²) in [4.78, 5) is 1.19. The van der Waals surface area contributed by atoms with Gasteiger partial charge in [0.15, 0.2) is 11.5 Å². The molecule has 0 radical (unpaired) electrons. The fourth-order valence-corrected chi connectivity index (χ4v) is 2.36. The Kier molecular flexibility index (Phi) is 3.59. The van der Waals surface area contributed by atoms with Crippen molar-refractivity contribution in [1.29, 1.82) is 0 Å². The molecule has 0 aliphatic heterocycles. The van der Waals surface area contributed by atoms with Gasteiger partial charge in [0.05, 0.1) is 7.11 Å². The molecule has 0 aliphatic carbocycles. The van der Waals surface area contributed by atoms with Gasteiger partial charge in [-0.1, -0.05) is 24.3 Å². The maximum absolute atomic E-state index is 9.78. The minimum atomic E-state index is 0.168. The van der Waals surface area contributed by atoms with E-state index in [1.807, 2.05) is 30.5 Å². The Labute approximate surface area is 105 Å². The number of thioether (sulfide) groups is 1. The number of hydrogen-bond acceptors (Lipinski definition) is 3. The summed E-state index contributed by atoms with van der Waals surface area (Å²) in [5, 5.41) is 9.78. The van der Waals surface area contributed by atoms with E-state index >= 15 is 0 Å². The molecular formula is C14H14O2S. The molecule has 2 rings (SSSR count). The zero-order chi connectivity index (χ0) is 12.3. The van der Waals surface area contributed by atoms with Crippen molar-refractivity contribution in [3.63, 3.8) is 0 Å². The van der Waals surface area contributed by atoms with Gasteiger partial charge < -0.3 is 9.84 Å². The smallest absolute Gasteiger partial charge is 0.160 e. The first-order valence-electron chi connectivity index (χ1n) is 5.26. The summed E-state index contributed by atoms with van der Waals surface area (Å²) < 4.78 is 5.04. The van der Waals surface area contributed by atoms with E-state index in [1.165, 1.54) is 4.90 Å². The summed E-state index contributed by atoms with van der Waals surface area (Å²) in [6.07, 6.45) is 2.04. The molecule has 0 bridgehead atoms. The number of aromatic hydroxyl groups is 1. The number of hydrogen-bond donors (Lipinski definition) is 1. The van der Waals surface area contributed by atoms with Crippen molar-refractivity contribution >= 4 is 11.8 Å². The highest BCUT2D eigenvalue weighted by atomic mass is 32.2. The van der Waals surface area contributed by atoms with Crippen molar-refractivity contribution in [2.24, 2.45) is 0 Å². The van der Waals surface area contributed by atoms with E-state index in [4.69, 9.17) is 4.74 Å². The average Bonchev–Trinajstić information content (AvgIpc) is 2.38. The Morgan fingerprint density at radius 1 is 1.12 bits per heavy atom. The Balaban J connectivity index is 2.49. The van der Waals surface area contributed by atoms with Crippen LogP contribution in [0.15, 0.2) is 47.4 Å². The highest BCUT2D eigenvalue weighted by Gasteiger charge is 2.07. The van der Waals surface area contributed by atoms with Crippen LogP contribution in [-0.2, 0) is 0 Å². The van der Waals surface area contributed by atoms with Crippen LogP contribution in [-0.4, -0.2) is 18.5 Å². The normalized spacial score (nSPS) is 10.2. The Hall–Kier alpha value is -1.61. The van der Waals surface area contributed by atoms with E-state index in [1.54, 1.807) is 31.0 Å². The molecule has 0 unspecified atom stereocenters. The predicted octanol–water partition coefficient (Wildman–Crippen LogP) is 3.79. The molecule has 2 nitrogen and oxygen atoms in total. The molecule has 2 aromatic rings. The van der Waals surface area contributed by atoms with Crippen LogP contribution in [0.2, 0.25) is 0 Å². The van der Waals surface area contributed by atoms with Crippen LogP contribution < -0.4 is 4.74 Å². The molecule has 0 spiro atoms. The Morgan fingerprint density at radius 3 is 2.53 bits per heavy atom. The van der Waals surface area contributed by atoms with Crippen molar-refractivity contribution < 1.29 is 9.84 Å². The van der Waals surface area contributed by atoms with Gasteiger partial charge in [-0.25, -0.2) is 0 Å². The lowest BCUT2D eigenvalue weighted by Gasteiger charge is -2.09. The third kappa shape index (κ3) is 2.39. The van der Waals surface area contributed by atoms with Gasteiger partial charge in [-0.05, 0) is 35.6 Å². The summed E-state index contributed by atoms with van der Waals surface area (Å²) >= 11 is 1.69. The van der Waals surface area contributed by atoms with Gasteiger partial charge in [-0.3, -0.25) is 0 Å². The summed E-state index contributed by atoms with van der Waals surface area (Å²) in [5.41, 5.74) is 2.12. The molecule has 88 valence electrons. The molecule has 0 atom stereocenters. The quantitative estimate of drug-likeness (QED) is 0.835. The van der Waals surface area contributed by atoms with E-state index < -0.39 is 0 Å². The van der Waals surface area contributed by atoms with Gasteiger partial charge in [0.2, 0.25) is 0 Å². The lowest BCUT2D eigenvalue weighted by atomic mass is 10.1. The van der Waals surface area contributed by atoms with Crippen LogP contribution in [0.3, 0.4) is 0 Å². The minimum Gasteiger partial charge on any atom is -0.504 e. The van der Waals surface area contributed by atoms with Gasteiger partial charge in [-0.2, -0.15) is 0 Å². The highest BCUT2D eigenvalue weighted by Crippen LogP contribution is 2.35. The fraction of sp³-hybridized carbons (Fsp3) is 0.143. The third-order valence-corrected chi connectivity index (χ3v) is 3.39. The second kappa shape index (κ2) is 5.15. The van der Waals surface area contributed by atoms with Crippen LogP contribution in [0, 0.1) is 0 Å². The van der Waals surface area contributed by atoms with Crippen molar-refractivity contribution in [2.45, 2.75) is 4.90 Å². The monoisotopic (exact) mass is 246 g/mol. The summed E-state index contributed by atoms with van der Waals surface area (Å²) in [6.45, 7) is 0. The van der Waals surface area contributed by atoms with Crippen molar-refractivity contribution in [2.75, 3.05) is 13.4 Å². The average molecular weight is 246 g/mol. The molecule has 0 aliphatic rings. The summed E-state index contributed by atoms with van der Waals surface area (Å²) in [7, 11) is 1.55. The first-order chi connectivity index (χ1) is 8.26. The second-order valence-corrected chi connectivity index (χ2v) is 4.43. The number of rotatable bonds is 3. The van der Waals surface area contributed by atoms with Crippen LogP contribution in [0.5, 0.6) is 11.5 Å². The van der Waals surface area contributed by atoms with Crippen LogP contribution in [0.1, 0.15) is 0 Å². The number of benzene rings is 2. The lowest BCUT2D eigenvalue weighted by Crippen LogP contribution is -1.85. The Morgan fingerprint density at radius 2 is 1.88 bits per heavy atom. The molecule has 0 saturated heterocycles. The largest absolute Gasteiger partial charge is 0.504 e. The molecule has 1 N–H and O–H groups in total. The molecule has 0 saturated carbocycles. The number of phenols is 1. The number of phenolic OH excluding ortho intramolecular Hbond substituents is 1. The summed E-state index contributed by atoms with van der Waals surface area (Å²) in [5.74, 6) is 0.663. The van der Waals surface area contributed by atoms with Gasteiger partial charge >= 0.3 is 0 Å². The van der Waals surface area contributed by atoms with Gasteiger partial charge in [-0.15, -0.1) is 11.8 Å². The molecule has 0 amide bonds.